The fraction of sp³-hybridized carbons (Fsp3) is 1.00. The molecule has 14 heavy (non-hydrogen) atoms. The van der Waals surface area contributed by atoms with Gasteiger partial charge in [0.2, 0.25) is 0 Å². The Labute approximate surface area is 93.6 Å². The Kier molecular flexibility index (Phi) is 8.73. The minimum Gasteiger partial charge on any atom is -0.330 e. The summed E-state index contributed by atoms with van der Waals surface area (Å²) >= 11 is 1.93. The summed E-state index contributed by atoms with van der Waals surface area (Å²) in [6, 6.07) is 0.714. The molecule has 0 radical (unpaired) electrons. The van der Waals surface area contributed by atoms with Crippen molar-refractivity contribution in [3.8, 4) is 0 Å². The van der Waals surface area contributed by atoms with E-state index in [-0.39, 0.29) is 0 Å². The summed E-state index contributed by atoms with van der Waals surface area (Å²) in [6.45, 7) is 6.45. The maximum atomic E-state index is 5.72. The van der Waals surface area contributed by atoms with Crippen molar-refractivity contribution in [3.05, 3.63) is 0 Å². The number of thioether (sulfide) groups is 1. The molecule has 2 nitrogen and oxygen atoms in total. The molecule has 0 saturated carbocycles. The molecular formula is C11H26N2S. The molecule has 86 valence electrons. The molecule has 0 spiro atoms. The Balaban J connectivity index is 3.94. The van der Waals surface area contributed by atoms with E-state index in [1.807, 2.05) is 11.8 Å². The summed E-state index contributed by atoms with van der Waals surface area (Å²) in [5.41, 5.74) is 5.72. The van der Waals surface area contributed by atoms with Crippen molar-refractivity contribution in [2.75, 3.05) is 32.1 Å². The topological polar surface area (TPSA) is 29.3 Å². The van der Waals surface area contributed by atoms with Gasteiger partial charge in [-0.05, 0) is 32.2 Å². The van der Waals surface area contributed by atoms with Crippen LogP contribution in [0.1, 0.15) is 26.7 Å². The van der Waals surface area contributed by atoms with Crippen LogP contribution in [-0.2, 0) is 0 Å². The molecule has 2 N–H and O–H groups in total. The van der Waals surface area contributed by atoms with Gasteiger partial charge in [0, 0.05) is 18.3 Å². The number of hydrogen-bond acceptors (Lipinski definition) is 3. The van der Waals surface area contributed by atoms with E-state index in [2.05, 4.69) is 32.1 Å². The second-order valence-electron chi connectivity index (χ2n) is 3.97. The van der Waals surface area contributed by atoms with E-state index >= 15 is 0 Å². The zero-order chi connectivity index (χ0) is 11.0. The van der Waals surface area contributed by atoms with Gasteiger partial charge in [-0.1, -0.05) is 20.3 Å². The highest BCUT2D eigenvalue weighted by atomic mass is 32.2. The molecule has 0 fully saturated rings. The smallest absolute Gasteiger partial charge is 0.0180 e. The molecule has 0 aliphatic rings. The summed E-state index contributed by atoms with van der Waals surface area (Å²) < 4.78 is 0. The molecular weight excluding hydrogens is 192 g/mol. The van der Waals surface area contributed by atoms with Crippen molar-refractivity contribution in [1.29, 1.82) is 0 Å². The maximum absolute atomic E-state index is 5.72. The lowest BCUT2D eigenvalue weighted by molar-refractivity contribution is 0.216. The van der Waals surface area contributed by atoms with E-state index in [4.69, 9.17) is 5.73 Å². The number of hydrogen-bond donors (Lipinski definition) is 1. The first-order valence-electron chi connectivity index (χ1n) is 5.58. The van der Waals surface area contributed by atoms with Crippen LogP contribution in [0.25, 0.3) is 0 Å². The van der Waals surface area contributed by atoms with E-state index in [0.717, 1.165) is 13.1 Å². The van der Waals surface area contributed by atoms with Crippen LogP contribution in [0.15, 0.2) is 0 Å². The van der Waals surface area contributed by atoms with E-state index in [1.54, 1.807) is 0 Å². The van der Waals surface area contributed by atoms with E-state index < -0.39 is 0 Å². The zero-order valence-electron chi connectivity index (χ0n) is 10.1. The zero-order valence-corrected chi connectivity index (χ0v) is 10.9. The Morgan fingerprint density at radius 3 is 2.29 bits per heavy atom. The first-order chi connectivity index (χ1) is 6.69. The quantitative estimate of drug-likeness (QED) is 0.676. The predicted molar refractivity (Wildman–Crippen MR) is 67.9 cm³/mol. The third kappa shape index (κ3) is 5.23. The van der Waals surface area contributed by atoms with Crippen LogP contribution < -0.4 is 5.73 Å². The lowest BCUT2D eigenvalue weighted by atomic mass is 10.1. The summed E-state index contributed by atoms with van der Waals surface area (Å²) in [6.07, 6.45) is 4.60. The average molecular weight is 218 g/mol. The average Bonchev–Trinajstić information content (AvgIpc) is 2.22. The monoisotopic (exact) mass is 218 g/mol. The second-order valence-corrected chi connectivity index (χ2v) is 4.88. The van der Waals surface area contributed by atoms with Crippen molar-refractivity contribution >= 4 is 11.8 Å². The van der Waals surface area contributed by atoms with E-state index in [0.29, 0.717) is 12.0 Å². The van der Waals surface area contributed by atoms with E-state index in [9.17, 15) is 0 Å². The maximum Gasteiger partial charge on any atom is 0.0180 e. The minimum atomic E-state index is 0.663. The standard InChI is InChI=1S/C11H26N2S/c1-5-10(7-12)8-13(3)11(6-2)9-14-4/h10-11H,5-9,12H2,1-4H3. The van der Waals surface area contributed by atoms with Crippen LogP contribution in [0.3, 0.4) is 0 Å². The fourth-order valence-electron chi connectivity index (χ4n) is 1.68. The van der Waals surface area contributed by atoms with Crippen molar-refractivity contribution < 1.29 is 0 Å². The van der Waals surface area contributed by atoms with Crippen molar-refractivity contribution in [1.82, 2.24) is 4.90 Å². The predicted octanol–water partition coefficient (Wildman–Crippen LogP) is 2.04. The van der Waals surface area contributed by atoms with Gasteiger partial charge in [-0.2, -0.15) is 11.8 Å². The normalized spacial score (nSPS) is 15.9. The van der Waals surface area contributed by atoms with Gasteiger partial charge in [0.15, 0.2) is 0 Å². The Morgan fingerprint density at radius 2 is 1.93 bits per heavy atom. The molecule has 0 saturated heterocycles. The summed E-state index contributed by atoms with van der Waals surface area (Å²) in [5, 5.41) is 0. The first-order valence-corrected chi connectivity index (χ1v) is 6.98. The largest absolute Gasteiger partial charge is 0.330 e. The van der Waals surface area contributed by atoms with Gasteiger partial charge in [-0.25, -0.2) is 0 Å². The third-order valence-electron chi connectivity index (χ3n) is 2.91. The molecule has 3 heteroatoms. The third-order valence-corrected chi connectivity index (χ3v) is 3.63. The molecule has 0 aromatic rings. The van der Waals surface area contributed by atoms with Gasteiger partial charge in [0.1, 0.15) is 0 Å². The number of nitrogens with two attached hydrogens (primary N) is 1. The molecule has 0 aromatic carbocycles. The molecule has 0 aromatic heterocycles. The molecule has 0 amide bonds. The summed E-state index contributed by atoms with van der Waals surface area (Å²) in [5.74, 6) is 1.89. The van der Waals surface area contributed by atoms with Crippen LogP contribution in [0.2, 0.25) is 0 Å². The number of nitrogens with zero attached hydrogens (tertiary/aromatic N) is 1. The Morgan fingerprint density at radius 1 is 1.29 bits per heavy atom. The Bertz CT molecular complexity index is 126. The highest BCUT2D eigenvalue weighted by molar-refractivity contribution is 7.98. The molecule has 0 rings (SSSR count). The minimum absolute atomic E-state index is 0.663. The Hall–Kier alpha value is 0.270. The molecule has 0 heterocycles. The fourth-order valence-corrected chi connectivity index (χ4v) is 2.55. The molecule has 0 bridgehead atoms. The second kappa shape index (κ2) is 8.57. The molecule has 0 aliphatic heterocycles. The molecule has 2 unspecified atom stereocenters. The van der Waals surface area contributed by atoms with Crippen molar-refractivity contribution in [2.45, 2.75) is 32.7 Å². The summed E-state index contributed by atoms with van der Waals surface area (Å²) in [7, 11) is 2.22. The lowest BCUT2D eigenvalue weighted by Crippen LogP contribution is -2.38. The number of rotatable bonds is 8. The highest BCUT2D eigenvalue weighted by Crippen LogP contribution is 2.11. The first kappa shape index (κ1) is 14.3. The lowest BCUT2D eigenvalue weighted by Gasteiger charge is -2.29. The highest BCUT2D eigenvalue weighted by Gasteiger charge is 2.15. The van der Waals surface area contributed by atoms with Gasteiger partial charge in [-0.3, -0.25) is 0 Å². The van der Waals surface area contributed by atoms with E-state index in [1.165, 1.54) is 18.6 Å². The van der Waals surface area contributed by atoms with Crippen LogP contribution in [0, 0.1) is 5.92 Å². The van der Waals surface area contributed by atoms with Crippen LogP contribution >= 0.6 is 11.8 Å². The van der Waals surface area contributed by atoms with Crippen LogP contribution in [0.4, 0.5) is 0 Å². The summed E-state index contributed by atoms with van der Waals surface area (Å²) in [4.78, 5) is 2.47. The van der Waals surface area contributed by atoms with Crippen LogP contribution in [0.5, 0.6) is 0 Å². The van der Waals surface area contributed by atoms with Gasteiger partial charge >= 0.3 is 0 Å². The van der Waals surface area contributed by atoms with Gasteiger partial charge in [0.25, 0.3) is 0 Å². The van der Waals surface area contributed by atoms with Gasteiger partial charge in [0.05, 0.1) is 0 Å². The van der Waals surface area contributed by atoms with Gasteiger partial charge < -0.3 is 10.6 Å². The van der Waals surface area contributed by atoms with Crippen molar-refractivity contribution in [3.63, 3.8) is 0 Å². The SMILES string of the molecule is CCC(CN)CN(C)C(CC)CSC. The van der Waals surface area contributed by atoms with Crippen LogP contribution in [-0.4, -0.2) is 43.1 Å². The van der Waals surface area contributed by atoms with Gasteiger partial charge in [-0.15, -0.1) is 0 Å². The molecule has 0 aliphatic carbocycles. The molecule has 2 atom stereocenters. The van der Waals surface area contributed by atoms with Crippen molar-refractivity contribution in [2.24, 2.45) is 11.7 Å².